The molecule has 0 aromatic carbocycles. The van der Waals surface area contributed by atoms with E-state index >= 15 is 0 Å². The Morgan fingerprint density at radius 3 is 2.91 bits per heavy atom. The lowest BCUT2D eigenvalue weighted by atomic mass is 9.48. The Labute approximate surface area is 124 Å². The summed E-state index contributed by atoms with van der Waals surface area (Å²) in [5.41, 5.74) is 5.38. The second kappa shape index (κ2) is 3.40. The summed E-state index contributed by atoms with van der Waals surface area (Å²) < 4.78 is 13.5. The molecule has 0 unspecified atom stereocenters. The van der Waals surface area contributed by atoms with Crippen molar-refractivity contribution >= 4 is 17.0 Å². The Bertz CT molecular complexity index is 811. The molecule has 1 saturated carbocycles. The van der Waals surface area contributed by atoms with Crippen molar-refractivity contribution in [3.8, 4) is 0 Å². The number of nitrogens with zero attached hydrogens (tertiary/aromatic N) is 4. The number of imidazole rings is 1. The van der Waals surface area contributed by atoms with E-state index in [9.17, 15) is 10.2 Å². The number of aromatic nitrogens is 4. The van der Waals surface area contributed by atoms with Crippen molar-refractivity contribution in [1.29, 1.82) is 0 Å². The van der Waals surface area contributed by atoms with Crippen LogP contribution in [0.3, 0.4) is 0 Å². The smallest absolute Gasteiger partial charge is 0.179 e. The van der Waals surface area contributed by atoms with E-state index in [-0.39, 0.29) is 19.1 Å². The van der Waals surface area contributed by atoms with Gasteiger partial charge in [-0.05, 0) is 6.92 Å². The third kappa shape index (κ3) is 1.03. The first kappa shape index (κ1) is 12.7. The molecule has 2 aromatic heterocycles. The number of rotatable bonds is 2. The fourth-order valence-electron chi connectivity index (χ4n) is 4.24. The summed E-state index contributed by atoms with van der Waals surface area (Å²) in [7, 11) is 0. The summed E-state index contributed by atoms with van der Waals surface area (Å²) >= 11 is 0. The number of aliphatic hydroxyl groups is 2. The van der Waals surface area contributed by atoms with Gasteiger partial charge in [-0.25, -0.2) is 15.0 Å². The molecule has 3 fully saturated rings. The average Bonchev–Trinajstić information content (AvgIpc) is 2.94. The average molecular weight is 305 g/mol. The van der Waals surface area contributed by atoms with Crippen LogP contribution < -0.4 is 5.73 Å². The molecule has 0 bridgehead atoms. The maximum atomic E-state index is 10.4. The Hall–Kier alpha value is -1.81. The summed E-state index contributed by atoms with van der Waals surface area (Å²) in [5.74, 6) is -0.932. The second-order valence-corrected chi connectivity index (χ2v) is 6.45. The molecule has 0 spiro atoms. The van der Waals surface area contributed by atoms with E-state index in [2.05, 4.69) is 15.0 Å². The molecular formula is C13H15N5O4. The largest absolute Gasteiger partial charge is 0.393 e. The topological polar surface area (TPSA) is 129 Å². The predicted molar refractivity (Wildman–Crippen MR) is 72.2 cm³/mol. The Balaban J connectivity index is 1.64. The van der Waals surface area contributed by atoms with Gasteiger partial charge < -0.3 is 25.4 Å². The highest BCUT2D eigenvalue weighted by Crippen LogP contribution is 2.76. The van der Waals surface area contributed by atoms with E-state index in [0.29, 0.717) is 17.0 Å². The van der Waals surface area contributed by atoms with Crippen molar-refractivity contribution in [1.82, 2.24) is 19.5 Å². The molecule has 4 N–H and O–H groups in total. The lowest BCUT2D eigenvalue weighted by molar-refractivity contribution is -0.482. The quantitative estimate of drug-likeness (QED) is 0.655. The normalized spacial score (nSPS) is 45.4. The Morgan fingerprint density at radius 2 is 2.23 bits per heavy atom. The third-order valence-corrected chi connectivity index (χ3v) is 5.70. The van der Waals surface area contributed by atoms with Gasteiger partial charge in [0.1, 0.15) is 23.5 Å². The van der Waals surface area contributed by atoms with Crippen molar-refractivity contribution in [3.05, 3.63) is 12.7 Å². The van der Waals surface area contributed by atoms with Crippen LogP contribution in [-0.2, 0) is 9.47 Å². The van der Waals surface area contributed by atoms with Crippen molar-refractivity contribution in [3.63, 3.8) is 0 Å². The van der Waals surface area contributed by atoms with Crippen LogP contribution in [0.25, 0.3) is 11.2 Å². The van der Waals surface area contributed by atoms with Gasteiger partial charge in [-0.15, -0.1) is 0 Å². The van der Waals surface area contributed by atoms with Gasteiger partial charge in [0, 0.05) is 6.42 Å². The van der Waals surface area contributed by atoms with E-state index in [1.54, 1.807) is 10.9 Å². The molecule has 0 radical (unpaired) electrons. The number of hydrogen-bond acceptors (Lipinski definition) is 8. The molecule has 2 aromatic rings. The van der Waals surface area contributed by atoms with Crippen molar-refractivity contribution in [2.45, 2.75) is 37.1 Å². The minimum Gasteiger partial charge on any atom is -0.393 e. The van der Waals surface area contributed by atoms with E-state index in [1.165, 1.54) is 6.33 Å². The molecular weight excluding hydrogens is 290 g/mol. The van der Waals surface area contributed by atoms with Crippen LogP contribution >= 0.6 is 0 Å². The van der Waals surface area contributed by atoms with Crippen molar-refractivity contribution in [2.75, 3.05) is 12.3 Å². The Morgan fingerprint density at radius 1 is 1.41 bits per heavy atom. The summed E-state index contributed by atoms with van der Waals surface area (Å²) in [4.78, 5) is 12.3. The number of anilines is 1. The van der Waals surface area contributed by atoms with Gasteiger partial charge in [-0.1, -0.05) is 0 Å². The molecule has 2 saturated heterocycles. The van der Waals surface area contributed by atoms with Crippen LogP contribution in [0, 0.1) is 5.41 Å². The maximum Gasteiger partial charge on any atom is 0.179 e. The molecule has 4 heterocycles. The van der Waals surface area contributed by atoms with Gasteiger partial charge in [0.15, 0.2) is 23.5 Å². The van der Waals surface area contributed by atoms with Crippen LogP contribution in [0.5, 0.6) is 0 Å². The van der Waals surface area contributed by atoms with Gasteiger partial charge in [0.2, 0.25) is 0 Å². The zero-order valence-corrected chi connectivity index (χ0v) is 11.8. The zero-order chi connectivity index (χ0) is 15.3. The molecule has 5 rings (SSSR count). The number of ether oxygens (including phenoxy) is 2. The predicted octanol–water partition coefficient (Wildman–Crippen LogP) is -0.834. The number of hydrogen-bond donors (Lipinski definition) is 3. The molecule has 9 heteroatoms. The molecule has 5 atom stereocenters. The first-order valence-corrected chi connectivity index (χ1v) is 7.08. The molecule has 2 aliphatic heterocycles. The van der Waals surface area contributed by atoms with Gasteiger partial charge in [-0.3, -0.25) is 4.57 Å². The summed E-state index contributed by atoms with van der Waals surface area (Å²) in [6.07, 6.45) is 2.27. The monoisotopic (exact) mass is 305 g/mol. The number of fused-ring (bicyclic) bond motifs is 1. The van der Waals surface area contributed by atoms with E-state index < -0.39 is 23.0 Å². The van der Waals surface area contributed by atoms with Crippen LogP contribution in [-0.4, -0.2) is 53.8 Å². The number of aliphatic hydroxyl groups excluding tert-OH is 1. The van der Waals surface area contributed by atoms with E-state index in [0.717, 1.165) is 0 Å². The van der Waals surface area contributed by atoms with E-state index in [1.807, 2.05) is 6.92 Å². The zero-order valence-electron chi connectivity index (χ0n) is 11.8. The number of nitrogens with two attached hydrogens (primary N) is 1. The third-order valence-electron chi connectivity index (χ3n) is 5.70. The molecule has 3 aliphatic rings. The minimum absolute atomic E-state index is 0.175. The highest BCUT2D eigenvalue weighted by atomic mass is 16.7. The summed E-state index contributed by atoms with van der Waals surface area (Å²) in [6.45, 7) is 1.70. The molecule has 22 heavy (non-hydrogen) atoms. The maximum absolute atomic E-state index is 10.4. The summed E-state index contributed by atoms with van der Waals surface area (Å²) in [5, 5.41) is 20.2. The molecule has 1 aliphatic carbocycles. The van der Waals surface area contributed by atoms with E-state index in [4.69, 9.17) is 15.2 Å². The fourth-order valence-corrected chi connectivity index (χ4v) is 4.24. The SMILES string of the molecule is C[C@]12[C@H]3O[C@@]1(O)C[C@]2(CO)O[C@H]3n1cnc2c(N)ncnc21. The minimum atomic E-state index is -1.22. The molecule has 9 nitrogen and oxygen atoms in total. The first-order valence-electron chi connectivity index (χ1n) is 7.08. The van der Waals surface area contributed by atoms with Gasteiger partial charge in [0.25, 0.3) is 0 Å². The van der Waals surface area contributed by atoms with Crippen LogP contribution in [0.15, 0.2) is 12.7 Å². The standard InChI is InChI=1S/C13H15N5O4/c1-11-7-10(22-12(11,3-19)2-13(11,20)21-7)18-5-17-6-8(14)15-4-16-9(6)18/h4-5,7,10,19-20H,2-3H2,1H3,(H2,14,15,16)/t7-,10+,11+,12+,13-/m0/s1. The van der Waals surface area contributed by atoms with Crippen LogP contribution in [0.1, 0.15) is 19.6 Å². The van der Waals surface area contributed by atoms with Crippen molar-refractivity contribution in [2.24, 2.45) is 5.41 Å². The first-order chi connectivity index (χ1) is 10.5. The number of nitrogen functional groups attached to an aromatic ring is 1. The molecule has 116 valence electrons. The van der Waals surface area contributed by atoms with Gasteiger partial charge in [0.05, 0.1) is 18.3 Å². The lowest BCUT2D eigenvalue weighted by Gasteiger charge is -2.70. The summed E-state index contributed by atoms with van der Waals surface area (Å²) in [6, 6.07) is 0. The fraction of sp³-hybridized carbons (Fsp3) is 0.615. The van der Waals surface area contributed by atoms with Crippen LogP contribution in [0.2, 0.25) is 0 Å². The van der Waals surface area contributed by atoms with Gasteiger partial charge in [-0.2, -0.15) is 0 Å². The lowest BCUT2D eigenvalue weighted by Crippen LogP contribution is -2.84. The molecule has 0 amide bonds. The second-order valence-electron chi connectivity index (χ2n) is 6.45. The van der Waals surface area contributed by atoms with Crippen molar-refractivity contribution < 1.29 is 19.7 Å². The van der Waals surface area contributed by atoms with Gasteiger partial charge >= 0.3 is 0 Å². The Kier molecular flexibility index (Phi) is 1.97. The van der Waals surface area contributed by atoms with Crippen LogP contribution in [0.4, 0.5) is 5.82 Å². The highest BCUT2D eigenvalue weighted by molar-refractivity contribution is 5.81. The highest BCUT2D eigenvalue weighted by Gasteiger charge is 2.89.